The van der Waals surface area contributed by atoms with E-state index in [1.54, 1.807) is 0 Å². The first-order chi connectivity index (χ1) is 11.4. The lowest BCUT2D eigenvalue weighted by atomic mass is 10.2. The van der Waals surface area contributed by atoms with Crippen LogP contribution in [0.25, 0.3) is 0 Å². The van der Waals surface area contributed by atoms with Gasteiger partial charge < -0.3 is 15.3 Å². The van der Waals surface area contributed by atoms with Crippen molar-refractivity contribution < 1.29 is 19.5 Å². The molecule has 0 aromatic heterocycles. The van der Waals surface area contributed by atoms with E-state index in [1.165, 1.54) is 11.8 Å². The minimum Gasteiger partial charge on any atom is -0.480 e. The monoisotopic (exact) mass is 334 g/mol. The van der Waals surface area contributed by atoms with Gasteiger partial charge in [0.25, 0.3) is 5.91 Å². The zero-order valence-corrected chi connectivity index (χ0v) is 13.7. The summed E-state index contributed by atoms with van der Waals surface area (Å²) in [6.07, 6.45) is 1.23. The molecule has 2 unspecified atom stereocenters. The average molecular weight is 334 g/mol. The number of carbonyl (C=O) groups is 3. The van der Waals surface area contributed by atoms with E-state index >= 15 is 0 Å². The normalized spacial score (nSPS) is 17.9. The Balaban J connectivity index is 1.94. The van der Waals surface area contributed by atoms with Crippen LogP contribution in [0.3, 0.4) is 0 Å². The number of hydrogen-bond donors (Lipinski definition) is 4. The first-order valence-electron chi connectivity index (χ1n) is 7.81. The number of hydrazine groups is 1. The van der Waals surface area contributed by atoms with E-state index in [0.717, 1.165) is 11.3 Å². The van der Waals surface area contributed by atoms with Crippen LogP contribution >= 0.6 is 0 Å². The third kappa shape index (κ3) is 4.15. The predicted molar refractivity (Wildman–Crippen MR) is 88.3 cm³/mol. The minimum atomic E-state index is -1.12. The van der Waals surface area contributed by atoms with Crippen LogP contribution in [0.5, 0.6) is 0 Å². The Labute approximate surface area is 140 Å². The van der Waals surface area contributed by atoms with Gasteiger partial charge in [-0.2, -0.15) is 0 Å². The van der Waals surface area contributed by atoms with Crippen LogP contribution < -0.4 is 16.2 Å². The molecule has 1 fully saturated rings. The van der Waals surface area contributed by atoms with E-state index in [9.17, 15) is 14.4 Å². The number of hydrogen-bond acceptors (Lipinski definition) is 4. The van der Waals surface area contributed by atoms with Gasteiger partial charge in [-0.1, -0.05) is 18.2 Å². The number of benzene rings is 1. The molecule has 4 N–H and O–H groups in total. The highest BCUT2D eigenvalue weighted by molar-refractivity contribution is 5.89. The molecule has 0 saturated carbocycles. The Kier molecular flexibility index (Phi) is 5.62. The zero-order chi connectivity index (χ0) is 17.7. The number of carboxylic acids is 1. The van der Waals surface area contributed by atoms with Gasteiger partial charge in [-0.05, 0) is 38.3 Å². The topological polar surface area (TPSA) is 111 Å². The second-order valence-electron chi connectivity index (χ2n) is 5.79. The summed E-state index contributed by atoms with van der Waals surface area (Å²) in [7, 11) is 0. The average Bonchev–Trinajstić information content (AvgIpc) is 3.03. The maximum atomic E-state index is 12.4. The van der Waals surface area contributed by atoms with E-state index < -0.39 is 24.1 Å². The lowest BCUT2D eigenvalue weighted by Gasteiger charge is -2.25. The molecule has 1 saturated heterocycles. The first kappa shape index (κ1) is 17.6. The molecule has 2 atom stereocenters. The van der Waals surface area contributed by atoms with Crippen molar-refractivity contribution in [3.8, 4) is 0 Å². The van der Waals surface area contributed by atoms with Crippen molar-refractivity contribution in [1.29, 1.82) is 0 Å². The standard InChI is InChI=1S/C16H22N4O4/c1-10-6-3-4-7-12(10)18-19-14(21)13-8-5-9-20(13)16(24)17-11(2)15(22)23/h3-4,6-7,11,13,18H,5,8-9H2,1-2H3,(H,17,24)(H,19,21)(H,22,23). The molecule has 8 heteroatoms. The van der Waals surface area contributed by atoms with Gasteiger partial charge in [0, 0.05) is 6.54 Å². The van der Waals surface area contributed by atoms with Crippen LogP contribution in [0.1, 0.15) is 25.3 Å². The molecule has 0 aliphatic carbocycles. The van der Waals surface area contributed by atoms with E-state index in [4.69, 9.17) is 5.11 Å². The van der Waals surface area contributed by atoms with Gasteiger partial charge in [0.1, 0.15) is 12.1 Å². The summed E-state index contributed by atoms with van der Waals surface area (Å²) in [4.78, 5) is 36.7. The molecule has 24 heavy (non-hydrogen) atoms. The van der Waals surface area contributed by atoms with Gasteiger partial charge in [-0.15, -0.1) is 0 Å². The minimum absolute atomic E-state index is 0.325. The van der Waals surface area contributed by atoms with Crippen molar-refractivity contribution in [2.24, 2.45) is 0 Å². The lowest BCUT2D eigenvalue weighted by molar-refractivity contribution is -0.138. The molecule has 0 bridgehead atoms. The number of nitrogens with zero attached hydrogens (tertiary/aromatic N) is 1. The number of aryl methyl sites for hydroxylation is 1. The fourth-order valence-corrected chi connectivity index (χ4v) is 2.54. The van der Waals surface area contributed by atoms with Gasteiger partial charge in [0.15, 0.2) is 0 Å². The number of carboxylic acid groups (broad SMARTS) is 1. The molecule has 2 rings (SSSR count). The largest absolute Gasteiger partial charge is 0.480 e. The van der Waals surface area contributed by atoms with Gasteiger partial charge in [-0.25, -0.2) is 4.79 Å². The van der Waals surface area contributed by atoms with Crippen molar-refractivity contribution in [2.45, 2.75) is 38.8 Å². The Morgan fingerprint density at radius 2 is 2.00 bits per heavy atom. The molecule has 1 aromatic rings. The SMILES string of the molecule is Cc1ccccc1NNC(=O)C1CCCN1C(=O)NC(C)C(=O)O. The first-order valence-corrected chi connectivity index (χ1v) is 7.81. The number of nitrogens with one attached hydrogen (secondary N) is 3. The second kappa shape index (κ2) is 7.67. The molecular weight excluding hydrogens is 312 g/mol. The summed E-state index contributed by atoms with van der Waals surface area (Å²) in [5.41, 5.74) is 7.23. The van der Waals surface area contributed by atoms with Gasteiger partial charge in [-0.3, -0.25) is 20.4 Å². The molecule has 0 spiro atoms. The van der Waals surface area contributed by atoms with Crippen LogP contribution in [0.4, 0.5) is 10.5 Å². The van der Waals surface area contributed by atoms with Crippen molar-refractivity contribution >= 4 is 23.6 Å². The maximum absolute atomic E-state index is 12.4. The number of anilines is 1. The van der Waals surface area contributed by atoms with E-state index in [0.29, 0.717) is 19.4 Å². The molecule has 8 nitrogen and oxygen atoms in total. The van der Waals surface area contributed by atoms with Crippen LogP contribution in [-0.4, -0.2) is 46.5 Å². The van der Waals surface area contributed by atoms with Gasteiger partial charge in [0.05, 0.1) is 5.69 Å². The van der Waals surface area contributed by atoms with Crippen LogP contribution in [0.2, 0.25) is 0 Å². The fraction of sp³-hybridized carbons (Fsp3) is 0.438. The third-order valence-corrected chi connectivity index (χ3v) is 3.99. The highest BCUT2D eigenvalue weighted by Gasteiger charge is 2.35. The number of rotatable bonds is 5. The zero-order valence-electron chi connectivity index (χ0n) is 13.7. The van der Waals surface area contributed by atoms with Crippen molar-refractivity contribution in [3.05, 3.63) is 29.8 Å². The molecule has 1 aliphatic rings. The van der Waals surface area contributed by atoms with Crippen molar-refractivity contribution in [2.75, 3.05) is 12.0 Å². The summed E-state index contributed by atoms with van der Waals surface area (Å²) < 4.78 is 0. The van der Waals surface area contributed by atoms with Crippen LogP contribution in [0.15, 0.2) is 24.3 Å². The summed E-state index contributed by atoms with van der Waals surface area (Å²) in [6.45, 7) is 3.71. The quantitative estimate of drug-likeness (QED) is 0.602. The Morgan fingerprint density at radius 1 is 1.29 bits per heavy atom. The number of carbonyl (C=O) groups excluding carboxylic acids is 2. The Morgan fingerprint density at radius 3 is 2.67 bits per heavy atom. The lowest BCUT2D eigenvalue weighted by Crippen LogP contribution is -2.53. The van der Waals surface area contributed by atoms with E-state index in [1.807, 2.05) is 31.2 Å². The fourth-order valence-electron chi connectivity index (χ4n) is 2.54. The van der Waals surface area contributed by atoms with Crippen molar-refractivity contribution in [1.82, 2.24) is 15.6 Å². The van der Waals surface area contributed by atoms with Crippen LogP contribution in [-0.2, 0) is 9.59 Å². The molecule has 1 heterocycles. The Hall–Kier alpha value is -2.77. The number of aliphatic carboxylic acids is 1. The Bertz CT molecular complexity index is 634. The summed E-state index contributed by atoms with van der Waals surface area (Å²) in [6, 6.07) is 5.33. The van der Waals surface area contributed by atoms with Crippen LogP contribution in [0, 0.1) is 6.92 Å². The van der Waals surface area contributed by atoms with Gasteiger partial charge in [0.2, 0.25) is 0 Å². The summed E-state index contributed by atoms with van der Waals surface area (Å²) >= 11 is 0. The second-order valence-corrected chi connectivity index (χ2v) is 5.79. The highest BCUT2D eigenvalue weighted by atomic mass is 16.4. The molecule has 130 valence electrons. The predicted octanol–water partition coefficient (Wildman–Crippen LogP) is 1.09. The van der Waals surface area contributed by atoms with Crippen molar-refractivity contribution in [3.63, 3.8) is 0 Å². The number of para-hydroxylation sites is 1. The number of amides is 3. The van der Waals surface area contributed by atoms with E-state index in [-0.39, 0.29) is 5.91 Å². The molecule has 0 radical (unpaired) electrons. The highest BCUT2D eigenvalue weighted by Crippen LogP contribution is 2.18. The molecule has 1 aromatic carbocycles. The number of likely N-dealkylation sites (tertiary alicyclic amines) is 1. The van der Waals surface area contributed by atoms with Gasteiger partial charge >= 0.3 is 12.0 Å². The maximum Gasteiger partial charge on any atom is 0.325 e. The molecule has 1 aliphatic heterocycles. The summed E-state index contributed by atoms with van der Waals surface area (Å²) in [5.74, 6) is -1.45. The third-order valence-electron chi connectivity index (χ3n) is 3.99. The molecule has 3 amide bonds. The summed E-state index contributed by atoms with van der Waals surface area (Å²) in [5, 5.41) is 11.2. The number of urea groups is 1. The smallest absolute Gasteiger partial charge is 0.325 e. The molecular formula is C16H22N4O4. The van der Waals surface area contributed by atoms with E-state index in [2.05, 4.69) is 16.2 Å².